The van der Waals surface area contributed by atoms with E-state index < -0.39 is 14.3 Å². The van der Waals surface area contributed by atoms with Gasteiger partial charge in [-0.3, -0.25) is 4.79 Å². The number of fused-ring (bicyclic) bond motifs is 6. The summed E-state index contributed by atoms with van der Waals surface area (Å²) in [5, 5.41) is 19.7. The molecule has 3 aromatic carbocycles. The van der Waals surface area contributed by atoms with Crippen LogP contribution in [0.15, 0.2) is 48.5 Å². The first-order chi connectivity index (χ1) is 27.2. The average Bonchev–Trinajstić information content (AvgIpc) is 3.42. The van der Waals surface area contributed by atoms with Gasteiger partial charge < -0.3 is 54.8 Å². The molecule has 2 heterocycles. The van der Waals surface area contributed by atoms with Crippen LogP contribution in [0.3, 0.4) is 0 Å². The Morgan fingerprint density at radius 1 is 0.714 bits per heavy atom. The Bertz CT molecular complexity index is 1710. The van der Waals surface area contributed by atoms with Crippen LogP contribution in [0, 0.1) is 13.8 Å². The molecule has 0 saturated carbocycles. The van der Waals surface area contributed by atoms with Crippen molar-refractivity contribution in [3.63, 3.8) is 0 Å². The molecule has 2 aliphatic rings. The zero-order valence-corrected chi connectivity index (χ0v) is 35.4. The lowest BCUT2D eigenvalue weighted by atomic mass is 9.73. The van der Waals surface area contributed by atoms with Gasteiger partial charge in [-0.25, -0.2) is 4.79 Å². The van der Waals surface area contributed by atoms with Crippen molar-refractivity contribution in [1.82, 2.24) is 26.2 Å². The lowest BCUT2D eigenvalue weighted by Crippen LogP contribution is -2.50. The second kappa shape index (κ2) is 20.3. The monoisotopic (exact) mass is 789 g/mol. The summed E-state index contributed by atoms with van der Waals surface area (Å²) in [7, 11) is -2.71. The SMILES string of the molecule is CCNc1cc2c(cc1C)C1(c3cc(C)c(NCC)cc3O2)c2ccccc2C(=O)N1CCNCCNCCNC(=O)NCCC[Si](OCC)(OCC)OCC. The van der Waals surface area contributed by atoms with Crippen molar-refractivity contribution >= 4 is 32.1 Å². The summed E-state index contributed by atoms with van der Waals surface area (Å²) in [6, 6.07) is 17.0. The predicted octanol–water partition coefficient (Wildman–Crippen LogP) is 5.94. The molecule has 5 rings (SSSR count). The van der Waals surface area contributed by atoms with Crippen molar-refractivity contribution in [3.8, 4) is 11.5 Å². The molecule has 0 unspecified atom stereocenters. The molecule has 0 bridgehead atoms. The number of aryl methyl sites for hydroxylation is 2. The first-order valence-electron chi connectivity index (χ1n) is 20.4. The van der Waals surface area contributed by atoms with Gasteiger partial charge in [-0.1, -0.05) is 18.2 Å². The maximum absolute atomic E-state index is 14.5. The van der Waals surface area contributed by atoms with Crippen LogP contribution >= 0.6 is 0 Å². The van der Waals surface area contributed by atoms with E-state index in [9.17, 15) is 9.59 Å². The van der Waals surface area contributed by atoms with Crippen molar-refractivity contribution in [2.75, 3.05) is 89.4 Å². The maximum atomic E-state index is 14.5. The Morgan fingerprint density at radius 2 is 1.25 bits per heavy atom. The third-order valence-corrected chi connectivity index (χ3v) is 13.4. The summed E-state index contributed by atoms with van der Waals surface area (Å²) in [6.45, 7) is 21.5. The summed E-state index contributed by atoms with van der Waals surface area (Å²) in [5.41, 5.74) is 6.96. The van der Waals surface area contributed by atoms with Crippen molar-refractivity contribution < 1.29 is 27.6 Å². The highest BCUT2D eigenvalue weighted by atomic mass is 28.4. The van der Waals surface area contributed by atoms with Crippen LogP contribution in [0.5, 0.6) is 11.5 Å². The molecular weight excluding hydrogens is 727 g/mol. The molecule has 0 aromatic heterocycles. The molecule has 2 aliphatic heterocycles. The number of carbonyl (C=O) groups excluding carboxylic acids is 2. The molecule has 14 heteroatoms. The summed E-state index contributed by atoms with van der Waals surface area (Å²) in [5.74, 6) is 1.49. The molecule has 3 aromatic rings. The highest BCUT2D eigenvalue weighted by Gasteiger charge is 2.56. The van der Waals surface area contributed by atoms with Crippen LogP contribution in [0.4, 0.5) is 16.2 Å². The molecule has 0 saturated heterocycles. The number of nitrogens with one attached hydrogen (secondary N) is 6. The summed E-state index contributed by atoms with van der Waals surface area (Å²) >= 11 is 0. The van der Waals surface area contributed by atoms with Crippen LogP contribution in [0.1, 0.15) is 79.2 Å². The molecule has 3 amide bonds. The minimum absolute atomic E-state index is 0.00443. The number of hydrogen-bond donors (Lipinski definition) is 6. The number of anilines is 2. The molecular formula is C42H63N7O6Si. The Balaban J connectivity index is 1.19. The largest absolute Gasteiger partial charge is 0.500 e. The third kappa shape index (κ3) is 9.33. The van der Waals surface area contributed by atoms with E-state index in [0.717, 1.165) is 63.8 Å². The molecule has 306 valence electrons. The van der Waals surface area contributed by atoms with Crippen LogP contribution in [0.2, 0.25) is 6.04 Å². The maximum Gasteiger partial charge on any atom is 0.500 e. The van der Waals surface area contributed by atoms with Gasteiger partial charge in [0.15, 0.2) is 0 Å². The van der Waals surface area contributed by atoms with E-state index in [0.29, 0.717) is 83.7 Å². The highest BCUT2D eigenvalue weighted by molar-refractivity contribution is 6.60. The number of benzene rings is 3. The molecule has 0 aliphatic carbocycles. The van der Waals surface area contributed by atoms with Crippen LogP contribution < -0.4 is 36.6 Å². The van der Waals surface area contributed by atoms with Gasteiger partial charge in [0.25, 0.3) is 5.91 Å². The van der Waals surface area contributed by atoms with Gasteiger partial charge in [0.1, 0.15) is 17.0 Å². The van der Waals surface area contributed by atoms with Crippen molar-refractivity contribution in [3.05, 3.63) is 81.9 Å². The van der Waals surface area contributed by atoms with E-state index in [1.165, 1.54) is 0 Å². The first kappa shape index (κ1) is 42.9. The number of rotatable bonds is 23. The molecule has 0 fully saturated rings. The first-order valence-corrected chi connectivity index (χ1v) is 22.3. The minimum atomic E-state index is -2.71. The molecule has 0 radical (unpaired) electrons. The van der Waals surface area contributed by atoms with Crippen LogP contribution in [-0.2, 0) is 18.8 Å². The third-order valence-electron chi connectivity index (χ3n) is 10.2. The van der Waals surface area contributed by atoms with E-state index in [2.05, 4.69) is 89.9 Å². The summed E-state index contributed by atoms with van der Waals surface area (Å²) in [4.78, 5) is 28.9. The molecule has 56 heavy (non-hydrogen) atoms. The Morgan fingerprint density at radius 3 is 1.82 bits per heavy atom. The van der Waals surface area contributed by atoms with Gasteiger partial charge in [0.2, 0.25) is 0 Å². The second-order valence-corrected chi connectivity index (χ2v) is 16.7. The van der Waals surface area contributed by atoms with E-state index in [4.69, 9.17) is 18.0 Å². The Labute approximate surface area is 334 Å². The quantitative estimate of drug-likeness (QED) is 0.0505. The second-order valence-electron chi connectivity index (χ2n) is 14.0. The fraction of sp³-hybridized carbons (Fsp3) is 0.524. The van der Waals surface area contributed by atoms with Gasteiger partial charge in [0.05, 0.1) is 0 Å². The number of carbonyl (C=O) groups is 2. The molecule has 1 spiro atoms. The normalized spacial score (nSPS) is 13.9. The summed E-state index contributed by atoms with van der Waals surface area (Å²) in [6.07, 6.45) is 0.709. The zero-order valence-electron chi connectivity index (χ0n) is 34.4. The summed E-state index contributed by atoms with van der Waals surface area (Å²) < 4.78 is 24.4. The van der Waals surface area contributed by atoms with Crippen LogP contribution in [0.25, 0.3) is 0 Å². The van der Waals surface area contributed by atoms with Crippen LogP contribution in [-0.4, -0.2) is 104 Å². The van der Waals surface area contributed by atoms with E-state index in [1.54, 1.807) is 0 Å². The molecule has 13 nitrogen and oxygen atoms in total. The van der Waals surface area contributed by atoms with Gasteiger partial charge >= 0.3 is 14.8 Å². The lowest BCUT2D eigenvalue weighted by Gasteiger charge is -2.45. The van der Waals surface area contributed by atoms with Crippen molar-refractivity contribution in [2.24, 2.45) is 0 Å². The van der Waals surface area contributed by atoms with Gasteiger partial charge in [-0.05, 0) is 89.8 Å². The fourth-order valence-electron chi connectivity index (χ4n) is 7.87. The lowest BCUT2D eigenvalue weighted by molar-refractivity contribution is 0.0666. The number of amides is 3. The van der Waals surface area contributed by atoms with Gasteiger partial charge in [0, 0.05) is 125 Å². The van der Waals surface area contributed by atoms with E-state index in [-0.39, 0.29) is 11.9 Å². The smallest absolute Gasteiger partial charge is 0.456 e. The Hall–Kier alpha value is -4.18. The fourth-order valence-corrected chi connectivity index (χ4v) is 10.5. The van der Waals surface area contributed by atoms with E-state index in [1.807, 2.05) is 43.9 Å². The van der Waals surface area contributed by atoms with Gasteiger partial charge in [-0.15, -0.1) is 0 Å². The highest BCUT2D eigenvalue weighted by Crippen LogP contribution is 2.58. The molecule has 0 atom stereocenters. The zero-order chi connectivity index (χ0) is 40.1. The predicted molar refractivity (Wildman–Crippen MR) is 225 cm³/mol. The van der Waals surface area contributed by atoms with E-state index >= 15 is 0 Å². The minimum Gasteiger partial charge on any atom is -0.456 e. The number of urea groups is 1. The standard InChI is InChI=1S/C42H63N7O6Si/c1-8-45-36-28-38-34(26-30(36)6)42(35-27-31(7)37(46-9-2)29-39(35)55-38)33-17-14-13-16-32(33)40(50)49(42)24-23-44-20-19-43-21-22-48-41(51)47-18-15-25-56(52-10-3,53-11-4)54-12-5/h13-14,16-17,26-29,43-46H,8-12,15,18-25H2,1-7H3,(H2,47,48,51). The number of nitrogens with zero attached hydrogens (tertiary/aromatic N) is 1. The van der Waals surface area contributed by atoms with Crippen molar-refractivity contribution in [2.45, 2.75) is 66.5 Å². The Kier molecular flexibility index (Phi) is 15.6. The topological polar surface area (TPSA) is 146 Å². The average molecular weight is 790 g/mol. The molecule has 6 N–H and O–H groups in total. The van der Waals surface area contributed by atoms with Gasteiger partial charge in [-0.2, -0.15) is 0 Å². The number of hydrogen-bond acceptors (Lipinski definition) is 10. The number of ether oxygens (including phenoxy) is 1. The van der Waals surface area contributed by atoms with Crippen molar-refractivity contribution in [1.29, 1.82) is 0 Å².